The zero-order valence-electron chi connectivity index (χ0n) is 12.7. The van der Waals surface area contributed by atoms with Gasteiger partial charge in [-0.3, -0.25) is 9.69 Å². The Morgan fingerprint density at radius 3 is 2.26 bits per heavy atom. The van der Waals surface area contributed by atoms with Gasteiger partial charge in [0.2, 0.25) is 0 Å². The zero-order chi connectivity index (χ0) is 14.1. The first-order chi connectivity index (χ1) is 8.86. The van der Waals surface area contributed by atoms with Gasteiger partial charge in [0.05, 0.1) is 0 Å². The fraction of sp³-hybridized carbons (Fsp3) is 0.938. The van der Waals surface area contributed by atoms with Crippen molar-refractivity contribution in [1.29, 1.82) is 0 Å². The molecule has 2 aliphatic rings. The van der Waals surface area contributed by atoms with Gasteiger partial charge in [-0.2, -0.15) is 0 Å². The van der Waals surface area contributed by atoms with E-state index in [0.717, 1.165) is 51.6 Å². The van der Waals surface area contributed by atoms with Crippen LogP contribution in [0, 0.1) is 11.3 Å². The van der Waals surface area contributed by atoms with Crippen LogP contribution in [0.3, 0.4) is 0 Å². The van der Waals surface area contributed by atoms with Crippen LogP contribution in [-0.2, 0) is 4.79 Å². The average molecular weight is 267 g/mol. The third kappa shape index (κ3) is 2.96. The number of carboxylic acid groups (broad SMARTS) is 1. The van der Waals surface area contributed by atoms with E-state index in [1.54, 1.807) is 0 Å². The monoisotopic (exact) mass is 267 g/mol. The summed E-state index contributed by atoms with van der Waals surface area (Å²) in [6.45, 7) is 8.84. The minimum atomic E-state index is -0.580. The first kappa shape index (κ1) is 14.8. The fourth-order valence-corrected chi connectivity index (χ4v) is 4.00. The number of hydrogen-bond donors (Lipinski definition) is 1. The summed E-state index contributed by atoms with van der Waals surface area (Å²) < 4.78 is 0. The maximum Gasteiger partial charge on any atom is 0.324 e. The van der Waals surface area contributed by atoms with Crippen molar-refractivity contribution < 1.29 is 9.90 Å². The summed E-state index contributed by atoms with van der Waals surface area (Å²) in [4.78, 5) is 14.2. The Labute approximate surface area is 117 Å². The second kappa shape index (κ2) is 5.43. The van der Waals surface area contributed by atoms with E-state index < -0.39 is 11.5 Å². The van der Waals surface area contributed by atoms with Crippen LogP contribution >= 0.6 is 0 Å². The smallest absolute Gasteiger partial charge is 0.324 e. The predicted octanol–water partition coefficient (Wildman–Crippen LogP) is 3.53. The van der Waals surface area contributed by atoms with E-state index in [2.05, 4.69) is 25.7 Å². The molecule has 1 heterocycles. The lowest BCUT2D eigenvalue weighted by Crippen LogP contribution is -2.53. The van der Waals surface area contributed by atoms with E-state index in [4.69, 9.17) is 0 Å². The molecule has 2 fully saturated rings. The Morgan fingerprint density at radius 2 is 1.74 bits per heavy atom. The van der Waals surface area contributed by atoms with Crippen LogP contribution in [0.5, 0.6) is 0 Å². The molecule has 3 heteroatoms. The number of hydrogen-bond acceptors (Lipinski definition) is 2. The van der Waals surface area contributed by atoms with Crippen molar-refractivity contribution in [2.45, 2.75) is 71.3 Å². The molecule has 1 aliphatic carbocycles. The van der Waals surface area contributed by atoms with Gasteiger partial charge in [0, 0.05) is 0 Å². The van der Waals surface area contributed by atoms with Gasteiger partial charge < -0.3 is 5.11 Å². The molecule has 0 amide bonds. The molecule has 1 saturated heterocycles. The second-order valence-corrected chi connectivity index (χ2v) is 7.52. The number of nitrogens with zero attached hydrogens (tertiary/aromatic N) is 1. The van der Waals surface area contributed by atoms with Crippen molar-refractivity contribution in [2.24, 2.45) is 11.3 Å². The number of rotatable bonds is 2. The van der Waals surface area contributed by atoms with Crippen molar-refractivity contribution in [1.82, 2.24) is 4.90 Å². The second-order valence-electron chi connectivity index (χ2n) is 7.52. The number of carboxylic acids is 1. The maximum absolute atomic E-state index is 11.9. The van der Waals surface area contributed by atoms with Crippen molar-refractivity contribution in [2.75, 3.05) is 13.1 Å². The summed E-state index contributed by atoms with van der Waals surface area (Å²) in [5, 5.41) is 9.82. The quantitative estimate of drug-likeness (QED) is 0.778. The SMILES string of the molecule is CC(C)(C)C1CCCC(C(=O)O)(N2CCCC2)CC1. The van der Waals surface area contributed by atoms with Crippen molar-refractivity contribution in [3.63, 3.8) is 0 Å². The van der Waals surface area contributed by atoms with Crippen LogP contribution in [-0.4, -0.2) is 34.6 Å². The van der Waals surface area contributed by atoms with Crippen LogP contribution < -0.4 is 0 Å². The molecule has 1 saturated carbocycles. The Bertz CT molecular complexity index is 328. The maximum atomic E-state index is 11.9. The largest absolute Gasteiger partial charge is 0.480 e. The van der Waals surface area contributed by atoms with E-state index in [9.17, 15) is 9.90 Å². The van der Waals surface area contributed by atoms with Crippen LogP contribution in [0.25, 0.3) is 0 Å². The minimum Gasteiger partial charge on any atom is -0.480 e. The molecule has 0 spiro atoms. The topological polar surface area (TPSA) is 40.5 Å². The van der Waals surface area contributed by atoms with E-state index in [0.29, 0.717) is 11.3 Å². The number of carbonyl (C=O) groups is 1. The molecule has 0 aromatic carbocycles. The lowest BCUT2D eigenvalue weighted by molar-refractivity contribution is -0.152. The highest BCUT2D eigenvalue weighted by atomic mass is 16.4. The summed E-state index contributed by atoms with van der Waals surface area (Å²) in [5.41, 5.74) is -0.254. The van der Waals surface area contributed by atoms with Gasteiger partial charge in [0.25, 0.3) is 0 Å². The summed E-state index contributed by atoms with van der Waals surface area (Å²) in [6.07, 6.45) is 7.32. The Hall–Kier alpha value is -0.570. The van der Waals surface area contributed by atoms with Crippen LogP contribution in [0.15, 0.2) is 0 Å². The molecule has 1 N–H and O–H groups in total. The lowest BCUT2D eigenvalue weighted by atomic mass is 9.76. The average Bonchev–Trinajstić information content (AvgIpc) is 2.73. The molecule has 2 rings (SSSR count). The molecule has 2 atom stereocenters. The standard InChI is InChI=1S/C16H29NO2/c1-15(2,3)13-7-6-9-16(10-8-13,14(18)19)17-11-4-5-12-17/h13H,4-12H2,1-3H3,(H,18,19). The van der Waals surface area contributed by atoms with Crippen molar-refractivity contribution in [3.8, 4) is 0 Å². The van der Waals surface area contributed by atoms with E-state index in [-0.39, 0.29) is 0 Å². The first-order valence-corrected chi connectivity index (χ1v) is 7.85. The summed E-state index contributed by atoms with van der Waals surface area (Å²) in [6, 6.07) is 0. The van der Waals surface area contributed by atoms with Gasteiger partial charge in [0.1, 0.15) is 5.54 Å². The van der Waals surface area contributed by atoms with Gasteiger partial charge in [-0.25, -0.2) is 0 Å². The van der Waals surface area contributed by atoms with Gasteiger partial charge >= 0.3 is 5.97 Å². The molecule has 0 bridgehead atoms. The van der Waals surface area contributed by atoms with Gasteiger partial charge in [-0.15, -0.1) is 0 Å². The highest BCUT2D eigenvalue weighted by Crippen LogP contribution is 2.42. The Kier molecular flexibility index (Phi) is 4.24. The highest BCUT2D eigenvalue weighted by molar-refractivity contribution is 5.79. The minimum absolute atomic E-state index is 0.305. The van der Waals surface area contributed by atoms with Gasteiger partial charge in [0.15, 0.2) is 0 Å². The van der Waals surface area contributed by atoms with Gasteiger partial charge in [-0.1, -0.05) is 27.2 Å². The molecular formula is C16H29NO2. The lowest BCUT2D eigenvalue weighted by Gasteiger charge is -2.38. The molecule has 3 nitrogen and oxygen atoms in total. The summed E-state index contributed by atoms with van der Waals surface area (Å²) in [7, 11) is 0. The Morgan fingerprint density at radius 1 is 1.11 bits per heavy atom. The zero-order valence-corrected chi connectivity index (χ0v) is 12.7. The van der Waals surface area contributed by atoms with Crippen LogP contribution in [0.2, 0.25) is 0 Å². The van der Waals surface area contributed by atoms with Gasteiger partial charge in [-0.05, 0) is 62.9 Å². The summed E-state index contributed by atoms with van der Waals surface area (Å²) >= 11 is 0. The van der Waals surface area contributed by atoms with Crippen LogP contribution in [0.4, 0.5) is 0 Å². The number of likely N-dealkylation sites (tertiary alicyclic amines) is 1. The normalized spacial score (nSPS) is 34.2. The van der Waals surface area contributed by atoms with Crippen LogP contribution in [0.1, 0.15) is 65.7 Å². The molecular weight excluding hydrogens is 238 g/mol. The van der Waals surface area contributed by atoms with Crippen molar-refractivity contribution >= 4 is 5.97 Å². The predicted molar refractivity (Wildman–Crippen MR) is 77.2 cm³/mol. The summed E-state index contributed by atoms with van der Waals surface area (Å²) in [5.74, 6) is 0.0836. The van der Waals surface area contributed by atoms with E-state index in [1.165, 1.54) is 6.42 Å². The fourth-order valence-electron chi connectivity index (χ4n) is 4.00. The molecule has 0 radical (unpaired) electrons. The van der Waals surface area contributed by atoms with E-state index in [1.807, 2.05) is 0 Å². The first-order valence-electron chi connectivity index (χ1n) is 7.85. The molecule has 0 aromatic heterocycles. The molecule has 110 valence electrons. The molecule has 1 aliphatic heterocycles. The third-order valence-corrected chi connectivity index (χ3v) is 5.38. The molecule has 19 heavy (non-hydrogen) atoms. The third-order valence-electron chi connectivity index (χ3n) is 5.38. The Balaban J connectivity index is 2.15. The van der Waals surface area contributed by atoms with E-state index >= 15 is 0 Å². The molecule has 2 unspecified atom stereocenters. The highest BCUT2D eigenvalue weighted by Gasteiger charge is 2.46. The molecule has 0 aromatic rings. The number of aliphatic carboxylic acids is 1. The van der Waals surface area contributed by atoms with Crippen molar-refractivity contribution in [3.05, 3.63) is 0 Å².